The van der Waals surface area contributed by atoms with E-state index in [1.807, 2.05) is 18.2 Å². The monoisotopic (exact) mass is 214 g/mol. The summed E-state index contributed by atoms with van der Waals surface area (Å²) in [6, 6.07) is 9.49. The number of anilines is 1. The second-order valence-electron chi connectivity index (χ2n) is 3.18. The lowest BCUT2D eigenvalue weighted by atomic mass is 10.2. The van der Waals surface area contributed by atoms with E-state index >= 15 is 0 Å². The number of hydrogen-bond acceptors (Lipinski definition) is 5. The fraction of sp³-hybridized carbons (Fsp3) is 0.182. The second-order valence-corrected chi connectivity index (χ2v) is 3.18. The molecular weight excluding hydrogens is 204 g/mol. The molecule has 0 radical (unpaired) electrons. The third kappa shape index (κ3) is 2.36. The van der Waals surface area contributed by atoms with Crippen LogP contribution < -0.4 is 5.32 Å². The van der Waals surface area contributed by atoms with Crippen molar-refractivity contribution >= 4 is 5.69 Å². The van der Waals surface area contributed by atoms with Crippen molar-refractivity contribution in [2.24, 2.45) is 0 Å². The first-order valence-electron chi connectivity index (χ1n) is 4.88. The van der Waals surface area contributed by atoms with Crippen LogP contribution in [0.4, 0.5) is 5.69 Å². The van der Waals surface area contributed by atoms with Gasteiger partial charge in [0.15, 0.2) is 5.82 Å². The molecule has 1 heterocycles. The van der Waals surface area contributed by atoms with Crippen molar-refractivity contribution in [1.82, 2.24) is 10.1 Å². The van der Waals surface area contributed by atoms with Gasteiger partial charge in [-0.25, -0.2) is 0 Å². The molecule has 0 bridgehead atoms. The molecule has 5 nitrogen and oxygen atoms in total. The average Bonchev–Trinajstić information content (AvgIpc) is 2.83. The maximum Gasteiger partial charge on any atom is 0.213 e. The molecule has 1 aromatic heterocycles. The average molecular weight is 214 g/mol. The molecule has 0 atom stereocenters. The molecule has 16 heavy (non-hydrogen) atoms. The highest BCUT2D eigenvalue weighted by Gasteiger charge is 2.01. The van der Waals surface area contributed by atoms with E-state index in [0.29, 0.717) is 24.4 Å². The third-order valence-electron chi connectivity index (χ3n) is 2.12. The lowest BCUT2D eigenvalue weighted by Gasteiger charge is -2.05. The van der Waals surface area contributed by atoms with Crippen LogP contribution in [0.15, 0.2) is 35.2 Å². The Balaban J connectivity index is 1.93. The number of hydrogen-bond donors (Lipinski definition) is 1. The van der Waals surface area contributed by atoms with E-state index in [-0.39, 0.29) is 0 Å². The Morgan fingerprint density at radius 2 is 2.25 bits per heavy atom. The van der Waals surface area contributed by atoms with Crippen molar-refractivity contribution in [2.75, 3.05) is 11.9 Å². The van der Waals surface area contributed by atoms with Crippen LogP contribution >= 0.6 is 0 Å². The fourth-order valence-corrected chi connectivity index (χ4v) is 1.35. The summed E-state index contributed by atoms with van der Waals surface area (Å²) >= 11 is 0. The summed E-state index contributed by atoms with van der Waals surface area (Å²) in [5, 5.41) is 15.7. The van der Waals surface area contributed by atoms with E-state index in [4.69, 9.17) is 5.26 Å². The van der Waals surface area contributed by atoms with Gasteiger partial charge in [0.05, 0.1) is 11.3 Å². The highest BCUT2D eigenvalue weighted by atomic mass is 16.5. The van der Waals surface area contributed by atoms with Gasteiger partial charge in [0.25, 0.3) is 0 Å². The van der Waals surface area contributed by atoms with Gasteiger partial charge >= 0.3 is 0 Å². The number of rotatable bonds is 4. The summed E-state index contributed by atoms with van der Waals surface area (Å²) in [4.78, 5) is 3.91. The van der Waals surface area contributed by atoms with Gasteiger partial charge < -0.3 is 9.84 Å². The van der Waals surface area contributed by atoms with E-state index in [0.717, 1.165) is 5.69 Å². The molecule has 1 N–H and O–H groups in total. The molecule has 1 aromatic carbocycles. The number of nitrogens with zero attached hydrogens (tertiary/aromatic N) is 3. The summed E-state index contributed by atoms with van der Waals surface area (Å²) in [5.74, 6) is 0.655. The second kappa shape index (κ2) is 4.94. The Morgan fingerprint density at radius 3 is 3.00 bits per heavy atom. The Hall–Kier alpha value is -2.35. The molecule has 2 aromatic rings. The summed E-state index contributed by atoms with van der Waals surface area (Å²) < 4.78 is 4.62. The van der Waals surface area contributed by atoms with Crippen molar-refractivity contribution in [1.29, 1.82) is 5.26 Å². The number of aromatic nitrogens is 2. The van der Waals surface area contributed by atoms with Gasteiger partial charge in [-0.2, -0.15) is 10.2 Å². The minimum Gasteiger partial charge on any atom is -0.384 e. The molecule has 80 valence electrons. The SMILES string of the molecule is N#Cc1ccccc1NCCc1ncon1. The van der Waals surface area contributed by atoms with Crippen LogP contribution in [0, 0.1) is 11.3 Å². The van der Waals surface area contributed by atoms with Gasteiger partial charge in [0.2, 0.25) is 6.39 Å². The summed E-state index contributed by atoms with van der Waals surface area (Å²) in [6.45, 7) is 0.665. The highest BCUT2D eigenvalue weighted by molar-refractivity contribution is 5.57. The topological polar surface area (TPSA) is 74.7 Å². The molecule has 5 heteroatoms. The molecule has 0 aliphatic heterocycles. The minimum absolute atomic E-state index is 0.635. The Kier molecular flexibility index (Phi) is 3.14. The van der Waals surface area contributed by atoms with Gasteiger partial charge in [-0.1, -0.05) is 17.3 Å². The van der Waals surface area contributed by atoms with E-state index in [1.165, 1.54) is 6.39 Å². The van der Waals surface area contributed by atoms with Crippen LogP contribution in [0.3, 0.4) is 0 Å². The van der Waals surface area contributed by atoms with Crippen LogP contribution in [0.1, 0.15) is 11.4 Å². The Morgan fingerprint density at radius 1 is 1.38 bits per heavy atom. The molecule has 0 saturated heterocycles. The van der Waals surface area contributed by atoms with Crippen LogP contribution in [0.2, 0.25) is 0 Å². The molecule has 0 unspecified atom stereocenters. The van der Waals surface area contributed by atoms with E-state index in [2.05, 4.69) is 26.0 Å². The van der Waals surface area contributed by atoms with Crippen molar-refractivity contribution < 1.29 is 4.52 Å². The number of benzene rings is 1. The normalized spacial score (nSPS) is 9.69. The molecule has 0 fully saturated rings. The highest BCUT2D eigenvalue weighted by Crippen LogP contribution is 2.12. The van der Waals surface area contributed by atoms with E-state index < -0.39 is 0 Å². The van der Waals surface area contributed by atoms with Gasteiger partial charge in [0.1, 0.15) is 6.07 Å². The van der Waals surface area contributed by atoms with E-state index in [9.17, 15) is 0 Å². The largest absolute Gasteiger partial charge is 0.384 e. The van der Waals surface area contributed by atoms with Crippen LogP contribution in [0.5, 0.6) is 0 Å². The number of nitrogens with one attached hydrogen (secondary N) is 1. The first-order valence-corrected chi connectivity index (χ1v) is 4.88. The molecule has 2 rings (SSSR count). The Bertz CT molecular complexity index is 487. The summed E-state index contributed by atoms with van der Waals surface area (Å²) in [7, 11) is 0. The smallest absolute Gasteiger partial charge is 0.213 e. The first kappa shape index (κ1) is 10.2. The molecule has 0 aliphatic rings. The van der Waals surface area contributed by atoms with Crippen LogP contribution in [0.25, 0.3) is 0 Å². The molecule has 0 aliphatic carbocycles. The zero-order valence-electron chi connectivity index (χ0n) is 8.55. The zero-order chi connectivity index (χ0) is 11.2. The van der Waals surface area contributed by atoms with Crippen molar-refractivity contribution in [2.45, 2.75) is 6.42 Å². The maximum absolute atomic E-state index is 8.87. The van der Waals surface area contributed by atoms with Crippen molar-refractivity contribution in [3.8, 4) is 6.07 Å². The first-order chi connectivity index (χ1) is 7.90. The van der Waals surface area contributed by atoms with Crippen molar-refractivity contribution in [3.63, 3.8) is 0 Å². The molecule has 0 saturated carbocycles. The van der Waals surface area contributed by atoms with E-state index in [1.54, 1.807) is 6.07 Å². The third-order valence-corrected chi connectivity index (χ3v) is 2.12. The molecular formula is C11H10N4O. The lowest BCUT2D eigenvalue weighted by Crippen LogP contribution is -2.06. The maximum atomic E-state index is 8.87. The van der Waals surface area contributed by atoms with Crippen LogP contribution in [-0.4, -0.2) is 16.7 Å². The van der Waals surface area contributed by atoms with Gasteiger partial charge in [0, 0.05) is 13.0 Å². The predicted molar refractivity (Wildman–Crippen MR) is 57.6 cm³/mol. The van der Waals surface area contributed by atoms with Gasteiger partial charge in [-0.05, 0) is 12.1 Å². The minimum atomic E-state index is 0.635. The van der Waals surface area contributed by atoms with Gasteiger partial charge in [-0.3, -0.25) is 0 Å². The Labute approximate surface area is 92.7 Å². The summed E-state index contributed by atoms with van der Waals surface area (Å²) in [6.07, 6.45) is 1.97. The van der Waals surface area contributed by atoms with Gasteiger partial charge in [-0.15, -0.1) is 0 Å². The number of para-hydroxylation sites is 1. The zero-order valence-corrected chi connectivity index (χ0v) is 8.55. The molecule has 0 amide bonds. The quantitative estimate of drug-likeness (QED) is 0.836. The van der Waals surface area contributed by atoms with Crippen molar-refractivity contribution in [3.05, 3.63) is 42.0 Å². The van der Waals surface area contributed by atoms with Crippen LogP contribution in [-0.2, 0) is 6.42 Å². The predicted octanol–water partition coefficient (Wildman–Crippen LogP) is 1.60. The summed E-state index contributed by atoms with van der Waals surface area (Å²) in [5.41, 5.74) is 1.46. The molecule has 0 spiro atoms. The fourth-order valence-electron chi connectivity index (χ4n) is 1.35. The number of nitriles is 1. The standard InChI is InChI=1S/C11H10N4O/c12-7-9-3-1-2-4-10(9)13-6-5-11-14-8-16-15-11/h1-4,8,13H,5-6H2. The lowest BCUT2D eigenvalue weighted by molar-refractivity contribution is 0.410.